The number of nitrogens with one attached hydrogen (secondary N) is 1. The van der Waals surface area contributed by atoms with Gasteiger partial charge in [-0.3, -0.25) is 14.4 Å². The average molecular weight is 413 g/mol. The second kappa shape index (κ2) is 7.19. The van der Waals surface area contributed by atoms with Crippen molar-refractivity contribution in [2.45, 2.75) is 0 Å². The van der Waals surface area contributed by atoms with Crippen LogP contribution >= 0.6 is 27.5 Å². The van der Waals surface area contributed by atoms with Crippen LogP contribution in [0.5, 0.6) is 0 Å². The van der Waals surface area contributed by atoms with Gasteiger partial charge in [0.1, 0.15) is 5.69 Å². The van der Waals surface area contributed by atoms with Crippen LogP contribution in [-0.2, 0) is 7.05 Å². The fraction of sp³-hybridized carbons (Fsp3) is 0.188. The van der Waals surface area contributed by atoms with Crippen LogP contribution in [-0.4, -0.2) is 35.4 Å². The molecule has 0 saturated heterocycles. The van der Waals surface area contributed by atoms with E-state index in [1.165, 1.54) is 28.8 Å². The van der Waals surface area contributed by atoms with Gasteiger partial charge in [0.2, 0.25) is 0 Å². The van der Waals surface area contributed by atoms with Crippen LogP contribution in [0, 0.1) is 0 Å². The van der Waals surface area contributed by atoms with Gasteiger partial charge < -0.3 is 14.8 Å². The molecule has 2 aromatic rings. The lowest BCUT2D eigenvalue weighted by molar-refractivity contribution is 0.0826. The number of aryl methyl sites for hydroxylation is 1. The zero-order chi connectivity index (χ0) is 18.0. The first-order chi connectivity index (χ1) is 11.2. The van der Waals surface area contributed by atoms with Crippen LogP contribution in [0.15, 0.2) is 39.7 Å². The fourth-order valence-electron chi connectivity index (χ4n) is 2.04. The number of hydrogen-bond donors (Lipinski definition) is 1. The van der Waals surface area contributed by atoms with E-state index in [4.69, 9.17) is 11.6 Å². The number of amides is 2. The van der Waals surface area contributed by atoms with Gasteiger partial charge in [0.25, 0.3) is 17.4 Å². The Morgan fingerprint density at radius 3 is 2.54 bits per heavy atom. The van der Waals surface area contributed by atoms with E-state index in [2.05, 4.69) is 21.2 Å². The molecule has 2 rings (SSSR count). The van der Waals surface area contributed by atoms with Gasteiger partial charge in [0.05, 0.1) is 16.1 Å². The van der Waals surface area contributed by atoms with Crippen LogP contribution in [0.1, 0.15) is 20.7 Å². The molecule has 1 heterocycles. The lowest BCUT2D eigenvalue weighted by Crippen LogP contribution is -2.28. The van der Waals surface area contributed by atoms with Crippen molar-refractivity contribution in [1.29, 1.82) is 0 Å². The highest BCUT2D eigenvalue weighted by Gasteiger charge is 2.16. The number of nitrogens with zero attached hydrogens (tertiary/aromatic N) is 2. The Morgan fingerprint density at radius 1 is 1.25 bits per heavy atom. The van der Waals surface area contributed by atoms with E-state index in [0.717, 1.165) is 0 Å². The number of hydrogen-bond acceptors (Lipinski definition) is 3. The number of halogens is 2. The van der Waals surface area contributed by atoms with Crippen molar-refractivity contribution in [3.63, 3.8) is 0 Å². The third kappa shape index (κ3) is 3.85. The summed E-state index contributed by atoms with van der Waals surface area (Å²) in [5.74, 6) is -0.811. The van der Waals surface area contributed by atoms with E-state index >= 15 is 0 Å². The summed E-state index contributed by atoms with van der Waals surface area (Å²) in [5.41, 5.74) is 0.0891. The van der Waals surface area contributed by atoms with Crippen LogP contribution < -0.4 is 10.9 Å². The number of anilines is 1. The Hall–Kier alpha value is -2.12. The molecule has 2 amide bonds. The third-order valence-corrected chi connectivity index (χ3v) is 4.08. The maximum absolute atomic E-state index is 12.4. The molecule has 8 heteroatoms. The average Bonchev–Trinajstić information content (AvgIpc) is 2.52. The molecule has 0 bridgehead atoms. The maximum Gasteiger partial charge on any atom is 0.274 e. The second-order valence-electron chi connectivity index (χ2n) is 5.34. The molecule has 1 aromatic heterocycles. The predicted molar refractivity (Wildman–Crippen MR) is 96.8 cm³/mol. The zero-order valence-corrected chi connectivity index (χ0v) is 15.6. The molecule has 0 aliphatic heterocycles. The smallest absolute Gasteiger partial charge is 0.274 e. The van der Waals surface area contributed by atoms with Gasteiger partial charge in [-0.2, -0.15) is 0 Å². The fourth-order valence-corrected chi connectivity index (χ4v) is 2.60. The Morgan fingerprint density at radius 2 is 1.92 bits per heavy atom. The molecule has 0 aliphatic rings. The topological polar surface area (TPSA) is 71.4 Å². The van der Waals surface area contributed by atoms with Gasteiger partial charge >= 0.3 is 0 Å². The third-order valence-electron chi connectivity index (χ3n) is 3.26. The van der Waals surface area contributed by atoms with Crippen LogP contribution in [0.3, 0.4) is 0 Å². The van der Waals surface area contributed by atoms with Crippen LogP contribution in [0.4, 0.5) is 5.69 Å². The number of pyridine rings is 1. The SMILES string of the molecule is CN(C)C(=O)c1cc(NC(=O)c2cc(Br)ccc2Cl)c(=O)n(C)c1. The molecule has 0 unspecified atom stereocenters. The van der Waals surface area contributed by atoms with E-state index in [9.17, 15) is 14.4 Å². The number of aromatic nitrogens is 1. The lowest BCUT2D eigenvalue weighted by Gasteiger charge is -2.13. The zero-order valence-electron chi connectivity index (χ0n) is 13.3. The molecule has 0 fully saturated rings. The van der Waals surface area contributed by atoms with Gasteiger partial charge in [0.15, 0.2) is 0 Å². The van der Waals surface area contributed by atoms with Gasteiger partial charge in [-0.1, -0.05) is 27.5 Å². The van der Waals surface area contributed by atoms with Gasteiger partial charge in [-0.05, 0) is 24.3 Å². The number of carbonyl (C=O) groups is 2. The Kier molecular flexibility index (Phi) is 5.46. The summed E-state index contributed by atoms with van der Waals surface area (Å²) in [4.78, 5) is 38.1. The van der Waals surface area contributed by atoms with E-state index in [0.29, 0.717) is 4.47 Å². The van der Waals surface area contributed by atoms with Crippen molar-refractivity contribution in [3.05, 3.63) is 61.4 Å². The first-order valence-electron chi connectivity index (χ1n) is 6.89. The standard InChI is InChI=1S/C16H15BrClN3O3/c1-20(2)15(23)9-6-13(16(24)21(3)8-9)19-14(22)11-7-10(17)4-5-12(11)18/h4-8H,1-3H3,(H,19,22). The second-order valence-corrected chi connectivity index (χ2v) is 6.66. The molecule has 24 heavy (non-hydrogen) atoms. The highest BCUT2D eigenvalue weighted by atomic mass is 79.9. The Labute approximate surface area is 152 Å². The molecular formula is C16H15BrClN3O3. The highest BCUT2D eigenvalue weighted by Crippen LogP contribution is 2.22. The first-order valence-corrected chi connectivity index (χ1v) is 8.06. The number of benzene rings is 1. The van der Waals surface area contributed by atoms with E-state index in [1.54, 1.807) is 32.3 Å². The van der Waals surface area contributed by atoms with Crippen molar-refractivity contribution in [3.8, 4) is 0 Å². The Bertz CT molecular complexity index is 877. The Balaban J connectivity index is 2.42. The molecule has 6 nitrogen and oxygen atoms in total. The van der Waals surface area contributed by atoms with E-state index < -0.39 is 11.5 Å². The van der Waals surface area contributed by atoms with Crippen LogP contribution in [0.25, 0.3) is 0 Å². The summed E-state index contributed by atoms with van der Waals surface area (Å²) in [7, 11) is 4.72. The molecule has 0 atom stereocenters. The molecule has 1 N–H and O–H groups in total. The molecule has 0 spiro atoms. The highest BCUT2D eigenvalue weighted by molar-refractivity contribution is 9.10. The molecular weight excluding hydrogens is 398 g/mol. The first kappa shape index (κ1) is 18.2. The summed E-state index contributed by atoms with van der Waals surface area (Å²) < 4.78 is 1.93. The minimum atomic E-state index is -0.534. The van der Waals surface area contributed by atoms with Crippen molar-refractivity contribution >= 4 is 45.0 Å². The van der Waals surface area contributed by atoms with Crippen molar-refractivity contribution in [1.82, 2.24) is 9.47 Å². The van der Waals surface area contributed by atoms with Gasteiger partial charge in [-0.15, -0.1) is 0 Å². The van der Waals surface area contributed by atoms with Crippen molar-refractivity contribution in [2.75, 3.05) is 19.4 Å². The van der Waals surface area contributed by atoms with E-state index in [-0.39, 0.29) is 27.7 Å². The largest absolute Gasteiger partial charge is 0.345 e. The molecule has 0 aliphatic carbocycles. The minimum Gasteiger partial charge on any atom is -0.345 e. The van der Waals surface area contributed by atoms with Gasteiger partial charge in [-0.25, -0.2) is 0 Å². The minimum absolute atomic E-state index is 0.00578. The van der Waals surface area contributed by atoms with Gasteiger partial charge in [0, 0.05) is 31.8 Å². The van der Waals surface area contributed by atoms with Crippen LogP contribution in [0.2, 0.25) is 5.02 Å². The predicted octanol–water partition coefficient (Wildman–Crippen LogP) is 2.76. The molecule has 126 valence electrons. The quantitative estimate of drug-likeness (QED) is 0.842. The van der Waals surface area contributed by atoms with Crippen molar-refractivity contribution < 1.29 is 9.59 Å². The molecule has 0 saturated carbocycles. The lowest BCUT2D eigenvalue weighted by atomic mass is 10.2. The maximum atomic E-state index is 12.4. The van der Waals surface area contributed by atoms with Crippen molar-refractivity contribution in [2.24, 2.45) is 7.05 Å². The summed E-state index contributed by atoms with van der Waals surface area (Å²) in [6.07, 6.45) is 1.42. The summed E-state index contributed by atoms with van der Waals surface area (Å²) in [6, 6.07) is 6.19. The normalized spacial score (nSPS) is 10.4. The molecule has 1 aromatic carbocycles. The van der Waals surface area contributed by atoms with E-state index in [1.807, 2.05) is 0 Å². The monoisotopic (exact) mass is 411 g/mol. The number of rotatable bonds is 3. The summed E-state index contributed by atoms with van der Waals surface area (Å²) >= 11 is 9.29. The molecule has 0 radical (unpaired) electrons. The summed E-state index contributed by atoms with van der Waals surface area (Å²) in [6.45, 7) is 0. The summed E-state index contributed by atoms with van der Waals surface area (Å²) in [5, 5.41) is 2.78. The number of carbonyl (C=O) groups excluding carboxylic acids is 2.